The lowest BCUT2D eigenvalue weighted by molar-refractivity contribution is -0.137. The van der Waals surface area contributed by atoms with E-state index in [1.165, 1.54) is 12.1 Å². The Morgan fingerprint density at radius 1 is 1.22 bits per heavy atom. The first-order valence-electron chi connectivity index (χ1n) is 5.75. The Morgan fingerprint density at radius 3 is 2.44 bits per heavy atom. The molecule has 0 spiro atoms. The van der Waals surface area contributed by atoms with Crippen molar-refractivity contribution in [3.05, 3.63) is 29.8 Å². The molecule has 2 N–H and O–H groups in total. The van der Waals surface area contributed by atoms with E-state index < -0.39 is 11.7 Å². The van der Waals surface area contributed by atoms with Gasteiger partial charge < -0.3 is 10.5 Å². The Bertz CT molecular complexity index is 388. The second-order valence-electron chi connectivity index (χ2n) is 4.99. The molecule has 0 saturated heterocycles. The van der Waals surface area contributed by atoms with E-state index in [0.29, 0.717) is 19.6 Å². The molecule has 0 radical (unpaired) electrons. The Labute approximate surface area is 105 Å². The van der Waals surface area contributed by atoms with Crippen molar-refractivity contribution < 1.29 is 17.9 Å². The van der Waals surface area contributed by atoms with Gasteiger partial charge in [-0.3, -0.25) is 0 Å². The number of hydrogen-bond donors (Lipinski definition) is 1. The molecular weight excluding hydrogens is 243 g/mol. The largest absolute Gasteiger partial charge is 0.494 e. The van der Waals surface area contributed by atoms with E-state index in [4.69, 9.17) is 10.5 Å². The third kappa shape index (κ3) is 4.56. The van der Waals surface area contributed by atoms with Crippen LogP contribution in [-0.2, 0) is 6.18 Å². The molecule has 5 heteroatoms. The van der Waals surface area contributed by atoms with Gasteiger partial charge in [0.1, 0.15) is 5.75 Å². The molecule has 2 nitrogen and oxygen atoms in total. The fourth-order valence-electron chi connectivity index (χ4n) is 1.31. The summed E-state index contributed by atoms with van der Waals surface area (Å²) in [5.74, 6) is 0.234. The zero-order valence-corrected chi connectivity index (χ0v) is 10.6. The Balaban J connectivity index is 2.59. The quantitative estimate of drug-likeness (QED) is 0.881. The monoisotopic (exact) mass is 261 g/mol. The summed E-state index contributed by atoms with van der Waals surface area (Å²) in [5, 5.41) is 0. The van der Waals surface area contributed by atoms with Crippen LogP contribution in [0.25, 0.3) is 0 Å². The lowest BCUT2D eigenvalue weighted by Gasteiger charge is -2.22. The molecule has 1 aromatic carbocycles. The molecule has 0 amide bonds. The van der Waals surface area contributed by atoms with Gasteiger partial charge in [0.05, 0.1) is 12.2 Å². The van der Waals surface area contributed by atoms with E-state index >= 15 is 0 Å². The van der Waals surface area contributed by atoms with Gasteiger partial charge in [-0.25, -0.2) is 0 Å². The molecule has 0 aliphatic rings. The topological polar surface area (TPSA) is 35.2 Å². The highest BCUT2D eigenvalue weighted by Crippen LogP contribution is 2.31. The van der Waals surface area contributed by atoms with Gasteiger partial charge in [-0.1, -0.05) is 19.9 Å². The van der Waals surface area contributed by atoms with Crippen LogP contribution in [-0.4, -0.2) is 13.2 Å². The normalized spacial score (nSPS) is 12.6. The maximum absolute atomic E-state index is 12.5. The summed E-state index contributed by atoms with van der Waals surface area (Å²) in [5.41, 5.74) is 4.80. The second kappa shape index (κ2) is 5.61. The molecule has 0 saturated carbocycles. The third-order valence-electron chi connectivity index (χ3n) is 2.76. The lowest BCUT2D eigenvalue weighted by atomic mass is 9.90. The summed E-state index contributed by atoms with van der Waals surface area (Å²) in [4.78, 5) is 0. The number of halogens is 3. The van der Waals surface area contributed by atoms with Gasteiger partial charge in [-0.15, -0.1) is 0 Å². The molecule has 0 aliphatic heterocycles. The molecular formula is C13H18F3NO. The predicted octanol–water partition coefficient (Wildman–Crippen LogP) is 3.46. The highest BCUT2D eigenvalue weighted by molar-refractivity contribution is 5.30. The van der Waals surface area contributed by atoms with E-state index in [2.05, 4.69) is 0 Å². The number of hydrogen-bond acceptors (Lipinski definition) is 2. The first-order chi connectivity index (χ1) is 8.24. The van der Waals surface area contributed by atoms with Gasteiger partial charge in [0, 0.05) is 0 Å². The Kier molecular flexibility index (Phi) is 4.62. The number of alkyl halides is 3. The van der Waals surface area contributed by atoms with Gasteiger partial charge in [0.15, 0.2) is 0 Å². The molecule has 0 atom stereocenters. The fraction of sp³-hybridized carbons (Fsp3) is 0.538. The maximum Gasteiger partial charge on any atom is 0.416 e. The lowest BCUT2D eigenvalue weighted by Crippen LogP contribution is -2.25. The standard InChI is InChI=1S/C13H18F3NO/c1-12(2,9-17)6-7-18-11-5-3-4-10(8-11)13(14,15)16/h3-5,8H,6-7,9,17H2,1-2H3. The first kappa shape index (κ1) is 14.8. The van der Waals surface area contributed by atoms with Crippen molar-refractivity contribution in [3.63, 3.8) is 0 Å². The summed E-state index contributed by atoms with van der Waals surface area (Å²) in [6.07, 6.45) is -3.64. The van der Waals surface area contributed by atoms with Crippen LogP contribution in [0.4, 0.5) is 13.2 Å². The van der Waals surface area contributed by atoms with E-state index in [1.54, 1.807) is 0 Å². The van der Waals surface area contributed by atoms with Crippen LogP contribution < -0.4 is 10.5 Å². The van der Waals surface area contributed by atoms with Crippen LogP contribution in [0.5, 0.6) is 5.75 Å². The molecule has 0 fully saturated rings. The SMILES string of the molecule is CC(C)(CN)CCOc1cccc(C(F)(F)F)c1. The molecule has 18 heavy (non-hydrogen) atoms. The van der Waals surface area contributed by atoms with Gasteiger partial charge in [0.25, 0.3) is 0 Å². The predicted molar refractivity (Wildman–Crippen MR) is 64.4 cm³/mol. The van der Waals surface area contributed by atoms with E-state index in [9.17, 15) is 13.2 Å². The summed E-state index contributed by atoms with van der Waals surface area (Å²) in [6, 6.07) is 4.89. The number of ether oxygens (including phenoxy) is 1. The molecule has 1 rings (SSSR count). The Morgan fingerprint density at radius 2 is 1.89 bits per heavy atom. The molecule has 102 valence electrons. The van der Waals surface area contributed by atoms with Gasteiger partial charge in [-0.05, 0) is 36.6 Å². The van der Waals surface area contributed by atoms with Crippen LogP contribution >= 0.6 is 0 Å². The van der Waals surface area contributed by atoms with E-state index in [0.717, 1.165) is 12.1 Å². The smallest absolute Gasteiger partial charge is 0.416 e. The fourth-order valence-corrected chi connectivity index (χ4v) is 1.31. The van der Waals surface area contributed by atoms with Crippen molar-refractivity contribution in [2.24, 2.45) is 11.1 Å². The van der Waals surface area contributed by atoms with Crippen molar-refractivity contribution >= 4 is 0 Å². The molecule has 0 aliphatic carbocycles. The third-order valence-corrected chi connectivity index (χ3v) is 2.76. The maximum atomic E-state index is 12.5. The van der Waals surface area contributed by atoms with Gasteiger partial charge >= 0.3 is 6.18 Å². The van der Waals surface area contributed by atoms with Crippen molar-refractivity contribution in [1.82, 2.24) is 0 Å². The molecule has 0 bridgehead atoms. The van der Waals surface area contributed by atoms with Crippen molar-refractivity contribution in [2.75, 3.05) is 13.2 Å². The minimum absolute atomic E-state index is 0.0678. The average Bonchev–Trinajstić information content (AvgIpc) is 2.28. The zero-order chi connectivity index (χ0) is 13.8. The number of benzene rings is 1. The van der Waals surface area contributed by atoms with Crippen LogP contribution in [0.2, 0.25) is 0 Å². The minimum Gasteiger partial charge on any atom is -0.494 e. The van der Waals surface area contributed by atoms with E-state index in [1.807, 2.05) is 13.8 Å². The first-order valence-corrected chi connectivity index (χ1v) is 5.75. The molecule has 0 heterocycles. The summed E-state index contributed by atoms with van der Waals surface area (Å²) in [6.45, 7) is 4.84. The number of rotatable bonds is 5. The summed E-state index contributed by atoms with van der Waals surface area (Å²) in [7, 11) is 0. The Hall–Kier alpha value is -1.23. The van der Waals surface area contributed by atoms with Crippen molar-refractivity contribution in [3.8, 4) is 5.75 Å². The summed E-state index contributed by atoms with van der Waals surface area (Å²) < 4.78 is 42.7. The van der Waals surface area contributed by atoms with Gasteiger partial charge in [-0.2, -0.15) is 13.2 Å². The van der Waals surface area contributed by atoms with Crippen molar-refractivity contribution in [1.29, 1.82) is 0 Å². The van der Waals surface area contributed by atoms with Crippen LogP contribution in [0, 0.1) is 5.41 Å². The van der Waals surface area contributed by atoms with E-state index in [-0.39, 0.29) is 11.2 Å². The number of nitrogens with two attached hydrogens (primary N) is 1. The zero-order valence-electron chi connectivity index (χ0n) is 10.6. The van der Waals surface area contributed by atoms with Crippen LogP contribution in [0.3, 0.4) is 0 Å². The summed E-state index contributed by atoms with van der Waals surface area (Å²) >= 11 is 0. The highest BCUT2D eigenvalue weighted by atomic mass is 19.4. The molecule has 1 aromatic rings. The second-order valence-corrected chi connectivity index (χ2v) is 4.99. The molecule has 0 aromatic heterocycles. The van der Waals surface area contributed by atoms with Crippen LogP contribution in [0.1, 0.15) is 25.8 Å². The van der Waals surface area contributed by atoms with Crippen LogP contribution in [0.15, 0.2) is 24.3 Å². The minimum atomic E-state index is -4.34. The van der Waals surface area contributed by atoms with Crippen molar-refractivity contribution in [2.45, 2.75) is 26.4 Å². The average molecular weight is 261 g/mol. The molecule has 0 unspecified atom stereocenters. The highest BCUT2D eigenvalue weighted by Gasteiger charge is 2.30. The van der Waals surface area contributed by atoms with Gasteiger partial charge in [0.2, 0.25) is 0 Å².